The molecule has 9 heteroatoms. The average molecular weight is 431 g/mol. The van der Waals surface area contributed by atoms with Gasteiger partial charge < -0.3 is 31.0 Å². The summed E-state index contributed by atoms with van der Waals surface area (Å²) in [7, 11) is 3.72. The van der Waals surface area contributed by atoms with Crippen molar-refractivity contribution < 1.29 is 4.74 Å². The van der Waals surface area contributed by atoms with Gasteiger partial charge in [-0.25, -0.2) is 15.0 Å². The lowest BCUT2D eigenvalue weighted by atomic mass is 10.1. The summed E-state index contributed by atoms with van der Waals surface area (Å²) in [5.74, 6) is 1.52. The smallest absolute Gasteiger partial charge is 0.167 e. The first-order chi connectivity index (χ1) is 15.6. The molecule has 3 heterocycles. The molecule has 0 unspecified atom stereocenters. The number of para-hydroxylation sites is 1. The summed E-state index contributed by atoms with van der Waals surface area (Å²) >= 11 is 0. The quantitative estimate of drug-likeness (QED) is 0.422. The number of anilines is 3. The highest BCUT2D eigenvalue weighted by atomic mass is 16.5. The minimum atomic E-state index is 0.415. The summed E-state index contributed by atoms with van der Waals surface area (Å²) in [6.45, 7) is 3.64. The van der Waals surface area contributed by atoms with Gasteiger partial charge in [-0.1, -0.05) is 12.1 Å². The van der Waals surface area contributed by atoms with Crippen LogP contribution >= 0.6 is 0 Å². The first-order valence-corrected chi connectivity index (χ1v) is 10.5. The minimum absolute atomic E-state index is 0.415. The summed E-state index contributed by atoms with van der Waals surface area (Å²) in [5, 5.41) is 1.09. The number of aromatic nitrogens is 4. The van der Waals surface area contributed by atoms with E-state index in [9.17, 15) is 0 Å². The molecule has 0 spiro atoms. The maximum atomic E-state index is 6.67. The number of benzene rings is 2. The van der Waals surface area contributed by atoms with Crippen LogP contribution in [0.2, 0.25) is 0 Å². The Balaban J connectivity index is 1.64. The Kier molecular flexibility index (Phi) is 5.02. The van der Waals surface area contributed by atoms with Gasteiger partial charge in [0.05, 0.1) is 35.3 Å². The normalized spacial score (nSPS) is 14.8. The summed E-state index contributed by atoms with van der Waals surface area (Å²) in [4.78, 5) is 21.4. The maximum Gasteiger partial charge on any atom is 0.167 e. The molecule has 1 saturated heterocycles. The zero-order chi connectivity index (χ0) is 22.2. The SMILES string of the molecule is COc1cc(N2CCN(C)CC2)c(N)c(-c2ncnc(-c3cccc4cc[nH]c34)n2)c1N. The van der Waals surface area contributed by atoms with Crippen LogP contribution in [0.4, 0.5) is 17.1 Å². The predicted octanol–water partition coefficient (Wildman–Crippen LogP) is 2.61. The summed E-state index contributed by atoms with van der Waals surface area (Å²) < 4.78 is 5.58. The van der Waals surface area contributed by atoms with E-state index in [-0.39, 0.29) is 0 Å². The lowest BCUT2D eigenvalue weighted by molar-refractivity contribution is 0.313. The third-order valence-corrected chi connectivity index (χ3v) is 6.04. The number of nitrogens with two attached hydrogens (primary N) is 2. The van der Waals surface area contributed by atoms with Crippen LogP contribution in [0.15, 0.2) is 42.9 Å². The topological polar surface area (TPSA) is 122 Å². The number of nitrogen functional groups attached to an aromatic ring is 2. The van der Waals surface area contributed by atoms with Crippen molar-refractivity contribution in [2.24, 2.45) is 0 Å². The van der Waals surface area contributed by atoms with Crippen LogP contribution in [-0.4, -0.2) is 65.2 Å². The fraction of sp³-hybridized carbons (Fsp3) is 0.261. The monoisotopic (exact) mass is 430 g/mol. The van der Waals surface area contributed by atoms with E-state index in [1.807, 2.05) is 36.5 Å². The van der Waals surface area contributed by atoms with E-state index in [2.05, 4.69) is 31.8 Å². The van der Waals surface area contributed by atoms with Crippen LogP contribution in [0.1, 0.15) is 0 Å². The van der Waals surface area contributed by atoms with Gasteiger partial charge in [0, 0.05) is 49.4 Å². The Bertz CT molecular complexity index is 1280. The van der Waals surface area contributed by atoms with Crippen LogP contribution in [0.5, 0.6) is 5.75 Å². The highest BCUT2D eigenvalue weighted by Gasteiger charge is 2.24. The Morgan fingerprint density at radius 3 is 2.56 bits per heavy atom. The number of aromatic amines is 1. The largest absolute Gasteiger partial charge is 0.494 e. The zero-order valence-electron chi connectivity index (χ0n) is 18.2. The number of nitrogens with zero attached hydrogens (tertiary/aromatic N) is 5. The van der Waals surface area contributed by atoms with Crippen LogP contribution in [0.3, 0.4) is 0 Å². The van der Waals surface area contributed by atoms with Crippen LogP contribution in [0.25, 0.3) is 33.7 Å². The molecule has 0 amide bonds. The van der Waals surface area contributed by atoms with Gasteiger partial charge in [-0.05, 0) is 19.2 Å². The molecule has 2 aromatic heterocycles. The van der Waals surface area contributed by atoms with Gasteiger partial charge >= 0.3 is 0 Å². The summed E-state index contributed by atoms with van der Waals surface area (Å²) in [5.41, 5.74) is 17.4. The van der Waals surface area contributed by atoms with Gasteiger partial charge in [0.1, 0.15) is 12.1 Å². The van der Waals surface area contributed by atoms with Crippen molar-refractivity contribution in [2.45, 2.75) is 0 Å². The molecule has 32 heavy (non-hydrogen) atoms. The second kappa shape index (κ2) is 8.01. The highest BCUT2D eigenvalue weighted by molar-refractivity contribution is 5.96. The number of nitrogens with one attached hydrogen (secondary N) is 1. The number of H-pyrrole nitrogens is 1. The Morgan fingerprint density at radius 2 is 1.78 bits per heavy atom. The highest BCUT2D eigenvalue weighted by Crippen LogP contribution is 2.43. The molecule has 1 fully saturated rings. The molecule has 5 rings (SSSR count). The van der Waals surface area contributed by atoms with E-state index < -0.39 is 0 Å². The fourth-order valence-corrected chi connectivity index (χ4v) is 4.21. The molecule has 9 nitrogen and oxygen atoms in total. The minimum Gasteiger partial charge on any atom is -0.494 e. The molecule has 4 aromatic rings. The van der Waals surface area contributed by atoms with Gasteiger partial charge in [0.15, 0.2) is 11.6 Å². The van der Waals surface area contributed by atoms with Gasteiger partial charge in [-0.3, -0.25) is 0 Å². The Hall–Kier alpha value is -3.85. The van der Waals surface area contributed by atoms with E-state index in [1.54, 1.807) is 7.11 Å². The van der Waals surface area contributed by atoms with Crippen molar-refractivity contribution in [2.75, 3.05) is 56.7 Å². The van der Waals surface area contributed by atoms with Crippen molar-refractivity contribution in [3.63, 3.8) is 0 Å². The van der Waals surface area contributed by atoms with Crippen LogP contribution in [0, 0.1) is 0 Å². The molecule has 0 radical (unpaired) electrons. The van der Waals surface area contributed by atoms with Gasteiger partial charge in [0.2, 0.25) is 0 Å². The van der Waals surface area contributed by atoms with Crippen molar-refractivity contribution >= 4 is 28.0 Å². The molecular formula is C23H26N8O. The van der Waals surface area contributed by atoms with E-state index in [0.29, 0.717) is 34.3 Å². The molecule has 5 N–H and O–H groups in total. The lowest BCUT2D eigenvalue weighted by Gasteiger charge is -2.35. The Morgan fingerprint density at radius 1 is 1.00 bits per heavy atom. The molecule has 0 bridgehead atoms. The van der Waals surface area contributed by atoms with Crippen molar-refractivity contribution in [1.29, 1.82) is 0 Å². The molecule has 1 aliphatic heterocycles. The molecular weight excluding hydrogens is 404 g/mol. The van der Waals surface area contributed by atoms with Crippen LogP contribution in [-0.2, 0) is 0 Å². The van der Waals surface area contributed by atoms with E-state index >= 15 is 0 Å². The number of fused-ring (bicyclic) bond motifs is 1. The van der Waals surface area contributed by atoms with Crippen LogP contribution < -0.4 is 21.1 Å². The van der Waals surface area contributed by atoms with Crippen molar-refractivity contribution in [3.05, 3.63) is 42.9 Å². The third kappa shape index (κ3) is 3.36. The van der Waals surface area contributed by atoms with E-state index in [0.717, 1.165) is 48.3 Å². The maximum absolute atomic E-state index is 6.67. The summed E-state index contributed by atoms with van der Waals surface area (Å²) in [6.07, 6.45) is 3.39. The number of hydrogen-bond acceptors (Lipinski definition) is 8. The molecule has 1 aliphatic rings. The number of rotatable bonds is 4. The number of methoxy groups -OCH3 is 1. The van der Waals surface area contributed by atoms with Gasteiger partial charge in [0.25, 0.3) is 0 Å². The predicted molar refractivity (Wildman–Crippen MR) is 128 cm³/mol. The molecule has 0 aliphatic carbocycles. The number of hydrogen-bond donors (Lipinski definition) is 3. The second-order valence-corrected chi connectivity index (χ2v) is 7.97. The zero-order valence-corrected chi connectivity index (χ0v) is 18.2. The third-order valence-electron chi connectivity index (χ3n) is 6.04. The first kappa shape index (κ1) is 20.1. The molecule has 164 valence electrons. The first-order valence-electron chi connectivity index (χ1n) is 10.5. The molecule has 2 aromatic carbocycles. The fourth-order valence-electron chi connectivity index (χ4n) is 4.21. The molecule has 0 atom stereocenters. The van der Waals surface area contributed by atoms with E-state index in [1.165, 1.54) is 6.33 Å². The van der Waals surface area contributed by atoms with Gasteiger partial charge in [-0.15, -0.1) is 0 Å². The van der Waals surface area contributed by atoms with Crippen molar-refractivity contribution in [3.8, 4) is 28.5 Å². The number of likely N-dealkylation sites (N-methyl/N-ethyl adjacent to an activating group) is 1. The Labute approximate surface area is 186 Å². The lowest BCUT2D eigenvalue weighted by Crippen LogP contribution is -2.44. The average Bonchev–Trinajstić information content (AvgIpc) is 3.29. The second-order valence-electron chi connectivity index (χ2n) is 7.97. The number of piperazine rings is 1. The summed E-state index contributed by atoms with van der Waals surface area (Å²) in [6, 6.07) is 9.92. The standard InChI is InChI=1S/C23H26N8O/c1-30-8-10-31(11-9-30)16-12-17(32-2)20(25)18(19(16)24)23-28-13-27-22(29-23)15-5-3-4-14-6-7-26-21(14)15/h3-7,12-13,26H,8-11,24-25H2,1-2H3. The van der Waals surface area contributed by atoms with E-state index in [4.69, 9.17) is 21.2 Å². The number of ether oxygens (including phenoxy) is 1. The molecule has 0 saturated carbocycles. The van der Waals surface area contributed by atoms with Gasteiger partial charge in [-0.2, -0.15) is 0 Å². The van der Waals surface area contributed by atoms with Crippen molar-refractivity contribution in [1.82, 2.24) is 24.8 Å².